The Labute approximate surface area is 129 Å². The third-order valence-corrected chi connectivity index (χ3v) is 3.56. The number of benzene rings is 2. The van der Waals surface area contributed by atoms with E-state index in [1.807, 2.05) is 54.1 Å². The number of amidine groups is 1. The monoisotopic (exact) mass is 294 g/mol. The van der Waals surface area contributed by atoms with Gasteiger partial charge in [-0.2, -0.15) is 0 Å². The van der Waals surface area contributed by atoms with Gasteiger partial charge in [-0.3, -0.25) is 5.41 Å². The van der Waals surface area contributed by atoms with E-state index < -0.39 is 0 Å². The summed E-state index contributed by atoms with van der Waals surface area (Å²) in [6.45, 7) is 1.72. The van der Waals surface area contributed by atoms with Gasteiger partial charge in [-0.05, 0) is 37.3 Å². The number of aromatic nitrogens is 2. The topological polar surface area (TPSA) is 62.9 Å². The summed E-state index contributed by atoms with van der Waals surface area (Å²) in [7, 11) is 3.65. The molecular weight excluding hydrogens is 276 g/mol. The Bertz CT molecular complexity index is 851. The van der Waals surface area contributed by atoms with Crippen LogP contribution in [-0.2, 0) is 7.05 Å². The number of rotatable bonds is 3. The van der Waals surface area contributed by atoms with Crippen LogP contribution in [0.1, 0.15) is 6.92 Å². The molecule has 0 aliphatic carbocycles. The summed E-state index contributed by atoms with van der Waals surface area (Å²) >= 11 is 0. The van der Waals surface area contributed by atoms with Gasteiger partial charge in [-0.1, -0.05) is 12.1 Å². The van der Waals surface area contributed by atoms with Gasteiger partial charge in [0.25, 0.3) is 0 Å². The van der Waals surface area contributed by atoms with Gasteiger partial charge >= 0.3 is 0 Å². The Balaban J connectivity index is 2.15. The standard InChI is InChI=1S/C17H18N4O/c1-11(18)19-12-8-9-14-15(10-12)21(2)17(20-14)13-6-4-5-7-16(13)22-3/h4-10H,1-3H3,(H2,18,19). The van der Waals surface area contributed by atoms with Crippen molar-refractivity contribution in [1.29, 1.82) is 5.41 Å². The first-order valence-electron chi connectivity index (χ1n) is 7.02. The Morgan fingerprint density at radius 2 is 2.00 bits per heavy atom. The zero-order valence-corrected chi connectivity index (χ0v) is 12.8. The largest absolute Gasteiger partial charge is 0.496 e. The molecule has 0 radical (unpaired) electrons. The molecule has 0 bridgehead atoms. The zero-order valence-electron chi connectivity index (χ0n) is 12.8. The van der Waals surface area contributed by atoms with Gasteiger partial charge in [-0.15, -0.1) is 0 Å². The molecule has 5 heteroatoms. The van der Waals surface area contributed by atoms with Gasteiger partial charge in [0, 0.05) is 12.7 Å². The normalized spacial score (nSPS) is 10.7. The SMILES string of the molecule is COc1ccccc1-c1nc2ccc(NC(C)=N)cc2n1C. The molecule has 2 aromatic carbocycles. The molecule has 0 fully saturated rings. The summed E-state index contributed by atoms with van der Waals surface area (Å²) in [5.41, 5.74) is 3.76. The third kappa shape index (κ3) is 2.41. The number of hydrogen-bond donors (Lipinski definition) is 2. The van der Waals surface area contributed by atoms with Gasteiger partial charge in [0.05, 0.1) is 29.5 Å². The molecular formula is C17H18N4O. The van der Waals surface area contributed by atoms with Crippen LogP contribution in [0.15, 0.2) is 42.5 Å². The van der Waals surface area contributed by atoms with E-state index in [2.05, 4.69) is 5.32 Å². The molecule has 0 aliphatic rings. The van der Waals surface area contributed by atoms with Crippen LogP contribution in [0.4, 0.5) is 5.69 Å². The molecule has 112 valence electrons. The van der Waals surface area contributed by atoms with Crippen molar-refractivity contribution in [2.45, 2.75) is 6.92 Å². The highest BCUT2D eigenvalue weighted by molar-refractivity contribution is 5.94. The van der Waals surface area contributed by atoms with E-state index in [1.54, 1.807) is 14.0 Å². The average molecular weight is 294 g/mol. The smallest absolute Gasteiger partial charge is 0.144 e. The molecule has 3 rings (SSSR count). The number of imidazole rings is 1. The molecule has 0 unspecified atom stereocenters. The summed E-state index contributed by atoms with van der Waals surface area (Å²) in [6.07, 6.45) is 0. The van der Waals surface area contributed by atoms with E-state index in [0.717, 1.165) is 33.9 Å². The molecule has 3 aromatic rings. The summed E-state index contributed by atoms with van der Waals surface area (Å²) in [5, 5.41) is 10.5. The third-order valence-electron chi connectivity index (χ3n) is 3.56. The number of hydrogen-bond acceptors (Lipinski definition) is 3. The second-order valence-electron chi connectivity index (χ2n) is 5.15. The average Bonchev–Trinajstić information content (AvgIpc) is 2.83. The highest BCUT2D eigenvalue weighted by atomic mass is 16.5. The van der Waals surface area contributed by atoms with Crippen LogP contribution >= 0.6 is 0 Å². The summed E-state index contributed by atoms with van der Waals surface area (Å²) in [6, 6.07) is 13.7. The molecule has 1 heterocycles. The lowest BCUT2D eigenvalue weighted by Crippen LogP contribution is -2.04. The van der Waals surface area contributed by atoms with Crippen molar-refractivity contribution in [3.05, 3.63) is 42.5 Å². The van der Waals surface area contributed by atoms with Crippen LogP contribution in [0, 0.1) is 5.41 Å². The Kier molecular flexibility index (Phi) is 3.55. The van der Waals surface area contributed by atoms with Crippen molar-refractivity contribution < 1.29 is 4.74 Å². The predicted molar refractivity (Wildman–Crippen MR) is 89.7 cm³/mol. The minimum Gasteiger partial charge on any atom is -0.496 e. The predicted octanol–water partition coefficient (Wildman–Crippen LogP) is 3.66. The number of fused-ring (bicyclic) bond motifs is 1. The van der Waals surface area contributed by atoms with Crippen molar-refractivity contribution in [2.75, 3.05) is 12.4 Å². The van der Waals surface area contributed by atoms with Crippen molar-refractivity contribution in [2.24, 2.45) is 7.05 Å². The van der Waals surface area contributed by atoms with Crippen LogP contribution in [0.25, 0.3) is 22.4 Å². The Morgan fingerprint density at radius 3 is 2.73 bits per heavy atom. The fourth-order valence-corrected chi connectivity index (χ4v) is 2.55. The minimum atomic E-state index is 0.409. The first-order valence-corrected chi connectivity index (χ1v) is 7.02. The van der Waals surface area contributed by atoms with Gasteiger partial charge < -0.3 is 14.6 Å². The number of ether oxygens (including phenoxy) is 1. The fourth-order valence-electron chi connectivity index (χ4n) is 2.55. The van der Waals surface area contributed by atoms with Crippen LogP contribution in [0.5, 0.6) is 5.75 Å². The molecule has 0 saturated heterocycles. The minimum absolute atomic E-state index is 0.409. The second-order valence-corrected chi connectivity index (χ2v) is 5.15. The Morgan fingerprint density at radius 1 is 1.23 bits per heavy atom. The summed E-state index contributed by atoms with van der Waals surface area (Å²) in [4.78, 5) is 4.71. The molecule has 0 amide bonds. The van der Waals surface area contributed by atoms with E-state index in [9.17, 15) is 0 Å². The molecule has 0 atom stereocenters. The summed E-state index contributed by atoms with van der Waals surface area (Å²) in [5.74, 6) is 2.07. The number of nitrogens with zero attached hydrogens (tertiary/aromatic N) is 2. The van der Waals surface area contributed by atoms with Crippen LogP contribution < -0.4 is 10.1 Å². The first-order chi connectivity index (χ1) is 10.6. The van der Waals surface area contributed by atoms with Crippen molar-refractivity contribution >= 4 is 22.6 Å². The Hall–Kier alpha value is -2.82. The van der Waals surface area contributed by atoms with Crippen molar-refractivity contribution in [3.63, 3.8) is 0 Å². The molecule has 5 nitrogen and oxygen atoms in total. The zero-order chi connectivity index (χ0) is 15.7. The maximum atomic E-state index is 7.54. The first kappa shape index (κ1) is 14.1. The maximum absolute atomic E-state index is 7.54. The van der Waals surface area contributed by atoms with E-state index in [4.69, 9.17) is 15.1 Å². The number of nitrogens with one attached hydrogen (secondary N) is 2. The number of anilines is 1. The highest BCUT2D eigenvalue weighted by Crippen LogP contribution is 2.31. The fraction of sp³-hybridized carbons (Fsp3) is 0.176. The van der Waals surface area contributed by atoms with Gasteiger partial charge in [0.15, 0.2) is 0 Å². The lowest BCUT2D eigenvalue weighted by Gasteiger charge is -2.08. The second kappa shape index (κ2) is 5.52. The molecule has 2 N–H and O–H groups in total. The molecule has 22 heavy (non-hydrogen) atoms. The van der Waals surface area contributed by atoms with Crippen LogP contribution in [0.3, 0.4) is 0 Å². The lowest BCUT2D eigenvalue weighted by molar-refractivity contribution is 0.416. The molecule has 0 aliphatic heterocycles. The highest BCUT2D eigenvalue weighted by Gasteiger charge is 2.13. The van der Waals surface area contributed by atoms with Crippen LogP contribution in [0.2, 0.25) is 0 Å². The van der Waals surface area contributed by atoms with Gasteiger partial charge in [0.2, 0.25) is 0 Å². The quantitative estimate of drug-likeness (QED) is 0.572. The van der Waals surface area contributed by atoms with E-state index in [-0.39, 0.29) is 0 Å². The van der Waals surface area contributed by atoms with Crippen molar-refractivity contribution in [1.82, 2.24) is 9.55 Å². The lowest BCUT2D eigenvalue weighted by atomic mass is 10.2. The molecule has 0 saturated carbocycles. The van der Waals surface area contributed by atoms with E-state index in [1.165, 1.54) is 0 Å². The van der Waals surface area contributed by atoms with E-state index in [0.29, 0.717) is 5.84 Å². The molecule has 0 spiro atoms. The van der Waals surface area contributed by atoms with Crippen LogP contribution in [-0.4, -0.2) is 22.5 Å². The maximum Gasteiger partial charge on any atom is 0.144 e. The molecule has 1 aromatic heterocycles. The number of methoxy groups -OCH3 is 1. The summed E-state index contributed by atoms with van der Waals surface area (Å²) < 4.78 is 7.47. The number of aryl methyl sites for hydroxylation is 1. The van der Waals surface area contributed by atoms with Gasteiger partial charge in [0.1, 0.15) is 11.6 Å². The van der Waals surface area contributed by atoms with Crippen molar-refractivity contribution in [3.8, 4) is 17.1 Å². The van der Waals surface area contributed by atoms with E-state index >= 15 is 0 Å². The number of para-hydroxylation sites is 1. The van der Waals surface area contributed by atoms with Gasteiger partial charge in [-0.25, -0.2) is 4.98 Å².